The van der Waals surface area contributed by atoms with E-state index in [0.717, 1.165) is 58.4 Å². The van der Waals surface area contributed by atoms with Gasteiger partial charge in [-0.15, -0.1) is 11.3 Å². The van der Waals surface area contributed by atoms with Crippen LogP contribution in [-0.4, -0.2) is 27.3 Å². The molecule has 6 nitrogen and oxygen atoms in total. The van der Waals surface area contributed by atoms with Crippen LogP contribution in [0.2, 0.25) is 0 Å². The first kappa shape index (κ1) is 20.8. The van der Waals surface area contributed by atoms with Crippen LogP contribution >= 0.6 is 11.3 Å². The maximum atomic E-state index is 13.2. The molecule has 0 saturated carbocycles. The van der Waals surface area contributed by atoms with Gasteiger partial charge in [-0.25, -0.2) is 4.98 Å². The predicted octanol–water partition coefficient (Wildman–Crippen LogP) is 5.24. The summed E-state index contributed by atoms with van der Waals surface area (Å²) in [5, 5.41) is 5.79. The van der Waals surface area contributed by atoms with Gasteiger partial charge < -0.3 is 11.1 Å². The molecule has 0 unspecified atom stereocenters. The van der Waals surface area contributed by atoms with E-state index in [-0.39, 0.29) is 5.91 Å². The Balaban J connectivity index is 1.28. The van der Waals surface area contributed by atoms with Crippen LogP contribution in [-0.2, 0) is 19.5 Å². The number of hydrogen-bond acceptors (Lipinski definition) is 6. The van der Waals surface area contributed by atoms with Crippen LogP contribution in [0.4, 0.5) is 11.4 Å². The molecular weight excluding hydrogens is 442 g/mol. The van der Waals surface area contributed by atoms with Gasteiger partial charge in [-0.05, 0) is 34.7 Å². The van der Waals surface area contributed by atoms with Gasteiger partial charge in [0, 0.05) is 54.9 Å². The van der Waals surface area contributed by atoms with Crippen molar-refractivity contribution in [1.82, 2.24) is 14.9 Å². The minimum atomic E-state index is -0.222. The molecular formula is C27H23N5OS. The Hall–Kier alpha value is -3.81. The number of nitrogen functional groups attached to an aromatic ring is 1. The van der Waals surface area contributed by atoms with Crippen LogP contribution in [0.5, 0.6) is 0 Å². The summed E-state index contributed by atoms with van der Waals surface area (Å²) in [6.45, 7) is 2.70. The maximum absolute atomic E-state index is 13.2. The number of anilines is 2. The molecule has 5 aromatic rings. The summed E-state index contributed by atoms with van der Waals surface area (Å²) in [6.07, 6.45) is 4.39. The van der Waals surface area contributed by atoms with Gasteiger partial charge in [-0.2, -0.15) is 0 Å². The first-order valence-electron chi connectivity index (χ1n) is 11.3. The average Bonchev–Trinajstić information content (AvgIpc) is 3.19. The molecule has 0 saturated heterocycles. The number of nitrogens with one attached hydrogen (secondary N) is 1. The number of pyridine rings is 2. The van der Waals surface area contributed by atoms with Gasteiger partial charge in [0.05, 0.1) is 11.4 Å². The molecule has 168 valence electrons. The molecule has 1 amide bonds. The number of aromatic nitrogens is 2. The number of rotatable bonds is 4. The van der Waals surface area contributed by atoms with E-state index in [4.69, 9.17) is 10.7 Å². The molecule has 2 aromatic carbocycles. The standard InChI is InChI=1S/C27H23N5OS/c28-24-20-13-19-16-32(15-17-5-2-1-3-6-17)12-10-22(19)31-27(20)34-25(24)26(33)30-23-8-4-7-18-9-11-29-14-21(18)23/h1-9,11,13-14H,10,12,15-16,28H2,(H,30,33). The van der Waals surface area contributed by atoms with Crippen molar-refractivity contribution in [2.75, 3.05) is 17.6 Å². The summed E-state index contributed by atoms with van der Waals surface area (Å²) < 4.78 is 0. The van der Waals surface area contributed by atoms with Crippen LogP contribution in [0, 0.1) is 0 Å². The van der Waals surface area contributed by atoms with Crippen LogP contribution in [0.3, 0.4) is 0 Å². The van der Waals surface area contributed by atoms with Crippen molar-refractivity contribution in [2.24, 2.45) is 0 Å². The molecule has 1 aliphatic heterocycles. The van der Waals surface area contributed by atoms with Gasteiger partial charge in [0.15, 0.2) is 0 Å². The van der Waals surface area contributed by atoms with Gasteiger partial charge in [0.2, 0.25) is 0 Å². The number of benzene rings is 2. The van der Waals surface area contributed by atoms with Gasteiger partial charge in [0.25, 0.3) is 5.91 Å². The second kappa shape index (κ2) is 8.52. The van der Waals surface area contributed by atoms with E-state index in [2.05, 4.69) is 45.5 Å². The highest BCUT2D eigenvalue weighted by Crippen LogP contribution is 2.36. The van der Waals surface area contributed by atoms with E-state index in [1.807, 2.05) is 30.3 Å². The first-order valence-corrected chi connectivity index (χ1v) is 12.1. The Morgan fingerprint density at radius 3 is 2.85 bits per heavy atom. The summed E-state index contributed by atoms with van der Waals surface area (Å²) in [5.74, 6) is -0.222. The fourth-order valence-electron chi connectivity index (χ4n) is 4.60. The largest absolute Gasteiger partial charge is 0.397 e. The lowest BCUT2D eigenvalue weighted by Gasteiger charge is -2.28. The third kappa shape index (κ3) is 3.79. The highest BCUT2D eigenvalue weighted by Gasteiger charge is 2.23. The van der Waals surface area contributed by atoms with E-state index < -0.39 is 0 Å². The van der Waals surface area contributed by atoms with Crippen molar-refractivity contribution in [1.29, 1.82) is 0 Å². The highest BCUT2D eigenvalue weighted by molar-refractivity contribution is 7.21. The van der Waals surface area contributed by atoms with Crippen molar-refractivity contribution in [2.45, 2.75) is 19.5 Å². The fourth-order valence-corrected chi connectivity index (χ4v) is 5.59. The van der Waals surface area contributed by atoms with Crippen LogP contribution in [0.1, 0.15) is 26.5 Å². The molecule has 0 fully saturated rings. The zero-order valence-electron chi connectivity index (χ0n) is 18.5. The SMILES string of the molecule is Nc1c(C(=O)Nc2cccc3ccncc23)sc2nc3c(cc12)CN(Cc1ccccc1)CC3. The van der Waals surface area contributed by atoms with Gasteiger partial charge in [-0.3, -0.25) is 14.7 Å². The second-order valence-electron chi connectivity index (χ2n) is 8.59. The van der Waals surface area contributed by atoms with E-state index in [9.17, 15) is 4.79 Å². The third-order valence-corrected chi connectivity index (χ3v) is 7.45. The molecule has 0 radical (unpaired) electrons. The number of carbonyl (C=O) groups is 1. The van der Waals surface area contributed by atoms with Crippen molar-refractivity contribution in [3.05, 3.63) is 94.8 Å². The first-order chi connectivity index (χ1) is 16.7. The smallest absolute Gasteiger partial charge is 0.267 e. The Morgan fingerprint density at radius 1 is 1.09 bits per heavy atom. The van der Waals surface area contributed by atoms with Crippen molar-refractivity contribution in [3.8, 4) is 0 Å². The number of hydrogen-bond donors (Lipinski definition) is 2. The number of fused-ring (bicyclic) bond motifs is 3. The molecule has 0 atom stereocenters. The van der Waals surface area contributed by atoms with Gasteiger partial charge in [-0.1, -0.05) is 42.5 Å². The number of thiophene rings is 1. The van der Waals surface area contributed by atoms with E-state index in [1.54, 1.807) is 12.4 Å². The lowest BCUT2D eigenvalue weighted by molar-refractivity contribution is 0.103. The van der Waals surface area contributed by atoms with E-state index >= 15 is 0 Å². The lowest BCUT2D eigenvalue weighted by Crippen LogP contribution is -2.30. The average molecular weight is 466 g/mol. The third-order valence-electron chi connectivity index (χ3n) is 6.34. The minimum absolute atomic E-state index is 0.222. The molecule has 0 spiro atoms. The summed E-state index contributed by atoms with van der Waals surface area (Å²) >= 11 is 1.36. The summed E-state index contributed by atoms with van der Waals surface area (Å²) in [6, 6.07) is 20.4. The zero-order valence-corrected chi connectivity index (χ0v) is 19.3. The van der Waals surface area contributed by atoms with Gasteiger partial charge in [0.1, 0.15) is 9.71 Å². The molecule has 0 bridgehead atoms. The summed E-state index contributed by atoms with van der Waals surface area (Å²) in [4.78, 5) is 26.0. The Kier molecular flexibility index (Phi) is 5.20. The second-order valence-corrected chi connectivity index (χ2v) is 9.59. The number of nitrogens with zero attached hydrogens (tertiary/aromatic N) is 3. The number of carbonyl (C=O) groups excluding carboxylic acids is 1. The van der Waals surface area contributed by atoms with E-state index in [1.165, 1.54) is 22.5 Å². The van der Waals surface area contributed by atoms with Crippen molar-refractivity contribution < 1.29 is 4.79 Å². The Labute approximate surface area is 201 Å². The predicted molar refractivity (Wildman–Crippen MR) is 138 cm³/mol. The van der Waals surface area contributed by atoms with E-state index in [0.29, 0.717) is 10.6 Å². The Morgan fingerprint density at radius 2 is 1.97 bits per heavy atom. The highest BCUT2D eigenvalue weighted by atomic mass is 32.1. The van der Waals surface area contributed by atoms with Crippen molar-refractivity contribution in [3.63, 3.8) is 0 Å². The fraction of sp³-hybridized carbons (Fsp3) is 0.148. The molecule has 4 heterocycles. The van der Waals surface area contributed by atoms with Crippen molar-refractivity contribution >= 4 is 49.6 Å². The number of amides is 1. The molecule has 0 aliphatic carbocycles. The molecule has 6 rings (SSSR count). The lowest BCUT2D eigenvalue weighted by atomic mass is 10.0. The van der Waals surface area contributed by atoms with Gasteiger partial charge >= 0.3 is 0 Å². The monoisotopic (exact) mass is 465 g/mol. The summed E-state index contributed by atoms with van der Waals surface area (Å²) in [7, 11) is 0. The Bertz CT molecular complexity index is 1520. The zero-order chi connectivity index (χ0) is 23.1. The van der Waals surface area contributed by atoms with Crippen LogP contribution in [0.15, 0.2) is 73.1 Å². The molecule has 34 heavy (non-hydrogen) atoms. The summed E-state index contributed by atoms with van der Waals surface area (Å²) in [5.41, 5.74) is 11.3. The minimum Gasteiger partial charge on any atom is -0.397 e. The quantitative estimate of drug-likeness (QED) is 0.379. The normalized spacial score (nSPS) is 13.8. The maximum Gasteiger partial charge on any atom is 0.267 e. The molecule has 3 aromatic heterocycles. The van der Waals surface area contributed by atoms with Crippen LogP contribution < -0.4 is 11.1 Å². The molecule has 3 N–H and O–H groups in total. The van der Waals surface area contributed by atoms with Crippen LogP contribution in [0.25, 0.3) is 21.0 Å². The molecule has 7 heteroatoms. The number of nitrogens with two attached hydrogens (primary N) is 1. The molecule has 1 aliphatic rings. The topological polar surface area (TPSA) is 84.1 Å².